The van der Waals surface area contributed by atoms with E-state index in [2.05, 4.69) is 34.5 Å². The van der Waals surface area contributed by atoms with Crippen LogP contribution in [0.25, 0.3) is 0 Å². The van der Waals surface area contributed by atoms with Crippen LogP contribution >= 0.6 is 0 Å². The summed E-state index contributed by atoms with van der Waals surface area (Å²) >= 11 is 0. The van der Waals surface area contributed by atoms with Crippen LogP contribution < -0.4 is 5.32 Å². The third-order valence-corrected chi connectivity index (χ3v) is 8.80. The van der Waals surface area contributed by atoms with E-state index in [0.29, 0.717) is 17.9 Å². The fourth-order valence-electron chi connectivity index (χ4n) is 6.98. The second-order valence-corrected chi connectivity index (χ2v) is 10.5. The molecule has 3 fully saturated rings. The van der Waals surface area contributed by atoms with Crippen molar-refractivity contribution in [3.8, 4) is 0 Å². The molecular weight excluding hydrogens is 396 g/mol. The predicted molar refractivity (Wildman–Crippen MR) is 125 cm³/mol. The number of likely N-dealkylation sites (tertiary alicyclic amines) is 1. The van der Waals surface area contributed by atoms with Crippen LogP contribution in [-0.4, -0.2) is 35.0 Å². The van der Waals surface area contributed by atoms with Gasteiger partial charge < -0.3 is 10.4 Å². The molecule has 1 heterocycles. The number of hydrogen-bond acceptors (Lipinski definition) is 3. The van der Waals surface area contributed by atoms with Gasteiger partial charge in [0.15, 0.2) is 5.60 Å². The van der Waals surface area contributed by atoms with E-state index in [9.17, 15) is 9.90 Å². The number of fused-ring (bicyclic) bond motifs is 2. The van der Waals surface area contributed by atoms with Gasteiger partial charge in [-0.05, 0) is 60.6 Å². The lowest BCUT2D eigenvalue weighted by molar-refractivity contribution is -0.147. The molecule has 1 aliphatic heterocycles. The predicted octanol–water partition coefficient (Wildman–Crippen LogP) is 4.19. The van der Waals surface area contributed by atoms with Crippen molar-refractivity contribution in [3.63, 3.8) is 0 Å². The Kier molecular flexibility index (Phi) is 5.11. The number of benzene rings is 2. The highest BCUT2D eigenvalue weighted by Crippen LogP contribution is 2.50. The first kappa shape index (κ1) is 20.4. The maximum absolute atomic E-state index is 13.5. The fourth-order valence-corrected chi connectivity index (χ4v) is 6.98. The lowest BCUT2D eigenvalue weighted by Gasteiger charge is -2.36. The first-order valence-corrected chi connectivity index (χ1v) is 12.6. The molecule has 168 valence electrons. The first-order chi connectivity index (χ1) is 15.7. The molecule has 2 N–H and O–H groups in total. The van der Waals surface area contributed by atoms with Gasteiger partial charge in [-0.2, -0.15) is 0 Å². The minimum absolute atomic E-state index is 0.0127. The highest BCUT2D eigenvalue weighted by Gasteiger charge is 2.59. The Balaban J connectivity index is 1.14. The number of aliphatic hydroxyl groups is 1. The molecule has 3 unspecified atom stereocenters. The number of piperidine rings is 1. The summed E-state index contributed by atoms with van der Waals surface area (Å²) in [5, 5.41) is 15.0. The molecule has 5 atom stereocenters. The van der Waals surface area contributed by atoms with Gasteiger partial charge in [0, 0.05) is 31.1 Å². The molecule has 1 saturated heterocycles. The van der Waals surface area contributed by atoms with E-state index >= 15 is 0 Å². The van der Waals surface area contributed by atoms with E-state index < -0.39 is 5.60 Å². The highest BCUT2D eigenvalue weighted by atomic mass is 16.3. The van der Waals surface area contributed by atoms with Gasteiger partial charge in [-0.3, -0.25) is 9.69 Å². The smallest absolute Gasteiger partial charge is 0.257 e. The van der Waals surface area contributed by atoms with Crippen molar-refractivity contribution in [2.24, 2.45) is 17.8 Å². The fraction of sp³-hybridized carbons (Fsp3) is 0.536. The molecule has 1 amide bonds. The van der Waals surface area contributed by atoms with Gasteiger partial charge in [0.25, 0.3) is 5.91 Å². The third-order valence-electron chi connectivity index (χ3n) is 8.80. The zero-order valence-corrected chi connectivity index (χ0v) is 18.7. The van der Waals surface area contributed by atoms with Gasteiger partial charge in [0.1, 0.15) is 0 Å². The number of rotatable bonds is 5. The monoisotopic (exact) mass is 430 g/mol. The standard InChI is InChI=1S/C28H34N2O2/c31-27(28(32,21-13-5-6-14-21)20-11-2-1-3-12-20)29-26-23-17-30(18-24(23)26)25-16-8-10-19-9-4-7-15-22(19)25/h1-4,7,9,11-12,15,21,23-26,32H,5-6,8,10,13-14,16-18H2,(H,29,31)/t23-,24?,25?,26+,28?/m1/s1. The van der Waals surface area contributed by atoms with Crippen LogP contribution in [0.1, 0.15) is 61.3 Å². The molecule has 0 aromatic heterocycles. The Morgan fingerprint density at radius 3 is 2.34 bits per heavy atom. The number of carbonyl (C=O) groups excluding carboxylic acids is 1. The molecule has 4 aliphatic rings. The molecule has 0 radical (unpaired) electrons. The van der Waals surface area contributed by atoms with Crippen molar-refractivity contribution in [3.05, 3.63) is 71.3 Å². The Morgan fingerprint density at radius 2 is 1.59 bits per heavy atom. The van der Waals surface area contributed by atoms with Crippen LogP contribution in [0.3, 0.4) is 0 Å². The van der Waals surface area contributed by atoms with Crippen LogP contribution in [0.15, 0.2) is 54.6 Å². The van der Waals surface area contributed by atoms with Crippen molar-refractivity contribution in [1.29, 1.82) is 0 Å². The lowest BCUT2D eigenvalue weighted by atomic mass is 9.79. The van der Waals surface area contributed by atoms with Crippen molar-refractivity contribution in [2.75, 3.05) is 13.1 Å². The second-order valence-electron chi connectivity index (χ2n) is 10.5. The van der Waals surface area contributed by atoms with Crippen LogP contribution in [0, 0.1) is 17.8 Å². The highest BCUT2D eigenvalue weighted by molar-refractivity contribution is 5.87. The maximum Gasteiger partial charge on any atom is 0.257 e. The Hall–Kier alpha value is -2.17. The van der Waals surface area contributed by atoms with Crippen molar-refractivity contribution < 1.29 is 9.90 Å². The van der Waals surface area contributed by atoms with Crippen LogP contribution in [0.2, 0.25) is 0 Å². The van der Waals surface area contributed by atoms with E-state index in [-0.39, 0.29) is 17.9 Å². The topological polar surface area (TPSA) is 52.6 Å². The summed E-state index contributed by atoms with van der Waals surface area (Å²) in [5.74, 6) is 0.886. The molecule has 3 aliphatic carbocycles. The van der Waals surface area contributed by atoms with Crippen LogP contribution in [-0.2, 0) is 16.8 Å². The van der Waals surface area contributed by atoms with E-state index in [1.165, 1.54) is 30.4 Å². The van der Waals surface area contributed by atoms with E-state index in [0.717, 1.165) is 44.3 Å². The first-order valence-electron chi connectivity index (χ1n) is 12.6. The normalized spacial score (nSPS) is 31.5. The number of nitrogens with one attached hydrogen (secondary N) is 1. The number of carbonyl (C=O) groups is 1. The summed E-state index contributed by atoms with van der Waals surface area (Å²) in [5.41, 5.74) is 2.37. The largest absolute Gasteiger partial charge is 0.375 e. The third kappa shape index (κ3) is 3.31. The van der Waals surface area contributed by atoms with Crippen LogP contribution in [0.5, 0.6) is 0 Å². The van der Waals surface area contributed by atoms with Gasteiger partial charge >= 0.3 is 0 Å². The van der Waals surface area contributed by atoms with E-state index in [1.54, 1.807) is 0 Å². The number of nitrogens with zero attached hydrogens (tertiary/aromatic N) is 1. The quantitative estimate of drug-likeness (QED) is 0.748. The second kappa shape index (κ2) is 8.00. The van der Waals surface area contributed by atoms with Gasteiger partial charge in [0.05, 0.1) is 0 Å². The molecule has 2 aromatic rings. The zero-order valence-electron chi connectivity index (χ0n) is 18.7. The van der Waals surface area contributed by atoms with Crippen molar-refractivity contribution >= 4 is 5.91 Å². The molecule has 4 nitrogen and oxygen atoms in total. The van der Waals surface area contributed by atoms with Crippen molar-refractivity contribution in [1.82, 2.24) is 10.2 Å². The molecule has 0 bridgehead atoms. The zero-order chi connectivity index (χ0) is 21.7. The molecule has 2 aromatic carbocycles. The number of hydrogen-bond donors (Lipinski definition) is 2. The molecule has 0 spiro atoms. The SMILES string of the molecule is O=C(N[C@@H]1C2CN(C3CCCc4ccccc43)C[C@H]21)C(O)(c1ccccc1)C1CCCC1. The molecule has 4 heteroatoms. The number of amides is 1. The van der Waals surface area contributed by atoms with E-state index in [4.69, 9.17) is 0 Å². The molecular formula is C28H34N2O2. The summed E-state index contributed by atoms with van der Waals surface area (Å²) in [6.45, 7) is 2.11. The molecule has 6 rings (SSSR count). The maximum atomic E-state index is 13.5. The number of aryl methyl sites for hydroxylation is 1. The average molecular weight is 431 g/mol. The summed E-state index contributed by atoms with van der Waals surface area (Å²) in [6, 6.07) is 19.3. The Morgan fingerprint density at radius 1 is 0.906 bits per heavy atom. The van der Waals surface area contributed by atoms with Gasteiger partial charge in [-0.15, -0.1) is 0 Å². The van der Waals surface area contributed by atoms with Crippen LogP contribution in [0.4, 0.5) is 0 Å². The van der Waals surface area contributed by atoms with E-state index in [1.807, 2.05) is 30.3 Å². The minimum atomic E-state index is -1.41. The van der Waals surface area contributed by atoms with Gasteiger partial charge in [0.2, 0.25) is 0 Å². The minimum Gasteiger partial charge on any atom is -0.375 e. The average Bonchev–Trinajstić information content (AvgIpc) is 3.26. The van der Waals surface area contributed by atoms with Gasteiger partial charge in [-0.1, -0.05) is 67.4 Å². The Bertz CT molecular complexity index is 974. The summed E-state index contributed by atoms with van der Waals surface area (Å²) in [6.07, 6.45) is 7.74. The molecule has 32 heavy (non-hydrogen) atoms. The summed E-state index contributed by atoms with van der Waals surface area (Å²) in [4.78, 5) is 16.2. The molecule has 2 saturated carbocycles. The summed E-state index contributed by atoms with van der Waals surface area (Å²) < 4.78 is 0. The van der Waals surface area contributed by atoms with Gasteiger partial charge in [-0.25, -0.2) is 0 Å². The van der Waals surface area contributed by atoms with Crippen molar-refractivity contribution in [2.45, 2.75) is 62.6 Å². The summed E-state index contributed by atoms with van der Waals surface area (Å²) in [7, 11) is 0. The Labute approximate surface area is 191 Å². The lowest BCUT2D eigenvalue weighted by Crippen LogP contribution is -2.51.